The van der Waals surface area contributed by atoms with E-state index in [1.807, 2.05) is 0 Å². The van der Waals surface area contributed by atoms with Crippen molar-refractivity contribution in [3.63, 3.8) is 0 Å². The molecule has 0 fully saturated rings. The SMILES string of the molecule is Cc1[nH]c2ccc(F)cc2c1C(=O)NCC(=O)c1ccc(F)cc1. The van der Waals surface area contributed by atoms with Crippen LogP contribution in [0.2, 0.25) is 0 Å². The number of H-pyrrole nitrogens is 1. The molecule has 2 N–H and O–H groups in total. The topological polar surface area (TPSA) is 62.0 Å². The van der Waals surface area contributed by atoms with Crippen LogP contribution in [0.1, 0.15) is 26.4 Å². The number of hydrogen-bond donors (Lipinski definition) is 2. The van der Waals surface area contributed by atoms with E-state index < -0.39 is 17.5 Å². The fraction of sp³-hybridized carbons (Fsp3) is 0.111. The monoisotopic (exact) mass is 328 g/mol. The minimum atomic E-state index is -0.472. The first-order valence-electron chi connectivity index (χ1n) is 7.30. The zero-order valence-corrected chi connectivity index (χ0v) is 12.8. The van der Waals surface area contributed by atoms with Gasteiger partial charge in [0.05, 0.1) is 12.1 Å². The van der Waals surface area contributed by atoms with Crippen LogP contribution in [-0.4, -0.2) is 23.2 Å². The highest BCUT2D eigenvalue weighted by atomic mass is 19.1. The second kappa shape index (κ2) is 6.23. The van der Waals surface area contributed by atoms with Crippen LogP contribution in [0.3, 0.4) is 0 Å². The molecule has 3 rings (SSSR count). The number of ketones is 1. The van der Waals surface area contributed by atoms with E-state index in [1.165, 1.54) is 36.4 Å². The molecule has 0 radical (unpaired) electrons. The standard InChI is InChI=1S/C18H14F2N2O2/c1-10-17(14-8-13(20)6-7-15(14)22-10)18(24)21-9-16(23)11-2-4-12(19)5-3-11/h2-8,22H,9H2,1H3,(H,21,24). The van der Waals surface area contributed by atoms with Gasteiger partial charge in [0.25, 0.3) is 5.91 Å². The Balaban J connectivity index is 1.78. The average molecular weight is 328 g/mol. The summed E-state index contributed by atoms with van der Waals surface area (Å²) in [6, 6.07) is 9.21. The van der Waals surface area contributed by atoms with Gasteiger partial charge in [-0.15, -0.1) is 0 Å². The Hall–Kier alpha value is -3.02. The van der Waals surface area contributed by atoms with E-state index in [0.717, 1.165) is 0 Å². The van der Waals surface area contributed by atoms with E-state index in [-0.39, 0.29) is 12.3 Å². The molecule has 6 heteroatoms. The Bertz CT molecular complexity index is 930. The predicted octanol–water partition coefficient (Wildman–Crippen LogP) is 3.37. The molecule has 24 heavy (non-hydrogen) atoms. The number of halogens is 2. The lowest BCUT2D eigenvalue weighted by Crippen LogP contribution is -2.29. The summed E-state index contributed by atoms with van der Waals surface area (Å²) in [5.74, 6) is -1.70. The molecule has 2 aromatic carbocycles. The molecule has 1 heterocycles. The first kappa shape index (κ1) is 15.9. The van der Waals surface area contributed by atoms with Crippen molar-refractivity contribution in [1.29, 1.82) is 0 Å². The maximum Gasteiger partial charge on any atom is 0.254 e. The van der Waals surface area contributed by atoms with E-state index >= 15 is 0 Å². The third-order valence-corrected chi connectivity index (χ3v) is 3.75. The van der Waals surface area contributed by atoms with Gasteiger partial charge in [-0.2, -0.15) is 0 Å². The molecule has 0 atom stereocenters. The van der Waals surface area contributed by atoms with Crippen LogP contribution in [0.25, 0.3) is 10.9 Å². The lowest BCUT2D eigenvalue weighted by molar-refractivity contribution is 0.0904. The van der Waals surface area contributed by atoms with E-state index in [1.54, 1.807) is 13.0 Å². The van der Waals surface area contributed by atoms with Gasteiger partial charge in [0.15, 0.2) is 5.78 Å². The summed E-state index contributed by atoms with van der Waals surface area (Å²) in [7, 11) is 0. The molecular formula is C18H14F2N2O2. The number of Topliss-reactive ketones (excluding diaryl/α,β-unsaturated/α-hetero) is 1. The van der Waals surface area contributed by atoms with Crippen molar-refractivity contribution in [3.05, 3.63) is 70.9 Å². The first-order valence-corrected chi connectivity index (χ1v) is 7.30. The summed E-state index contributed by atoms with van der Waals surface area (Å²) in [6.07, 6.45) is 0. The van der Waals surface area contributed by atoms with Gasteiger partial charge in [0, 0.05) is 22.2 Å². The van der Waals surface area contributed by atoms with Crippen molar-refractivity contribution in [1.82, 2.24) is 10.3 Å². The highest BCUT2D eigenvalue weighted by Crippen LogP contribution is 2.23. The second-order valence-corrected chi connectivity index (χ2v) is 5.43. The first-order chi connectivity index (χ1) is 11.5. The number of nitrogens with one attached hydrogen (secondary N) is 2. The smallest absolute Gasteiger partial charge is 0.254 e. The quantitative estimate of drug-likeness (QED) is 0.721. The summed E-state index contributed by atoms with van der Waals surface area (Å²) < 4.78 is 26.3. The average Bonchev–Trinajstić information content (AvgIpc) is 2.88. The number of carbonyl (C=O) groups is 2. The van der Waals surface area contributed by atoms with E-state index in [0.29, 0.717) is 27.7 Å². The molecule has 122 valence electrons. The summed E-state index contributed by atoms with van der Waals surface area (Å²) in [5, 5.41) is 2.98. The molecule has 4 nitrogen and oxygen atoms in total. The fourth-order valence-electron chi connectivity index (χ4n) is 2.58. The van der Waals surface area contributed by atoms with Crippen molar-refractivity contribution in [3.8, 4) is 0 Å². The third kappa shape index (κ3) is 3.03. The molecular weight excluding hydrogens is 314 g/mol. The molecule has 0 aliphatic carbocycles. The molecule has 0 aliphatic heterocycles. The number of aromatic amines is 1. The highest BCUT2D eigenvalue weighted by molar-refractivity contribution is 6.09. The Labute approximate surface area is 136 Å². The maximum atomic E-state index is 13.4. The second-order valence-electron chi connectivity index (χ2n) is 5.43. The molecule has 1 amide bonds. The van der Waals surface area contributed by atoms with E-state index in [9.17, 15) is 18.4 Å². The van der Waals surface area contributed by atoms with Gasteiger partial charge in [0.2, 0.25) is 0 Å². The lowest BCUT2D eigenvalue weighted by atomic mass is 10.1. The minimum absolute atomic E-state index is 0.230. The Kier molecular flexibility index (Phi) is 4.12. The van der Waals surface area contributed by atoms with Crippen LogP contribution in [0.4, 0.5) is 8.78 Å². The van der Waals surface area contributed by atoms with Crippen LogP contribution in [-0.2, 0) is 0 Å². The highest BCUT2D eigenvalue weighted by Gasteiger charge is 2.17. The molecule has 0 aliphatic rings. The molecule has 1 aromatic heterocycles. The summed E-state index contributed by atoms with van der Waals surface area (Å²) >= 11 is 0. The molecule has 3 aromatic rings. The number of aromatic nitrogens is 1. The largest absolute Gasteiger partial charge is 0.358 e. The van der Waals surface area contributed by atoms with E-state index in [2.05, 4.69) is 10.3 Å². The molecule has 0 unspecified atom stereocenters. The fourth-order valence-corrected chi connectivity index (χ4v) is 2.58. The minimum Gasteiger partial charge on any atom is -0.358 e. The van der Waals surface area contributed by atoms with Gasteiger partial charge in [-0.05, 0) is 49.4 Å². The Morgan fingerprint density at radius 3 is 2.42 bits per heavy atom. The zero-order chi connectivity index (χ0) is 17.3. The van der Waals surface area contributed by atoms with Gasteiger partial charge in [-0.3, -0.25) is 9.59 Å². The molecule has 0 spiro atoms. The Morgan fingerprint density at radius 2 is 1.71 bits per heavy atom. The lowest BCUT2D eigenvalue weighted by Gasteiger charge is -2.05. The van der Waals surface area contributed by atoms with Crippen LogP contribution >= 0.6 is 0 Å². The number of aryl methyl sites for hydroxylation is 1. The van der Waals surface area contributed by atoms with E-state index in [4.69, 9.17) is 0 Å². The summed E-state index contributed by atoms with van der Waals surface area (Å²) in [5.41, 5.74) is 1.83. The summed E-state index contributed by atoms with van der Waals surface area (Å²) in [4.78, 5) is 27.4. The van der Waals surface area contributed by atoms with Crippen molar-refractivity contribution in [2.45, 2.75) is 6.92 Å². The van der Waals surface area contributed by atoms with Crippen molar-refractivity contribution in [2.75, 3.05) is 6.54 Å². The maximum absolute atomic E-state index is 13.4. The van der Waals surface area contributed by atoms with Crippen molar-refractivity contribution in [2.24, 2.45) is 0 Å². The van der Waals surface area contributed by atoms with Gasteiger partial charge in [0.1, 0.15) is 11.6 Å². The van der Waals surface area contributed by atoms with Crippen LogP contribution in [0.15, 0.2) is 42.5 Å². The van der Waals surface area contributed by atoms with Gasteiger partial charge in [-0.1, -0.05) is 0 Å². The number of rotatable bonds is 4. The Morgan fingerprint density at radius 1 is 1.04 bits per heavy atom. The van der Waals surface area contributed by atoms with Gasteiger partial charge in [-0.25, -0.2) is 8.78 Å². The number of fused-ring (bicyclic) bond motifs is 1. The number of amides is 1. The van der Waals surface area contributed by atoms with Gasteiger partial charge >= 0.3 is 0 Å². The number of carbonyl (C=O) groups excluding carboxylic acids is 2. The van der Waals surface area contributed by atoms with Crippen LogP contribution < -0.4 is 5.32 Å². The number of benzene rings is 2. The van der Waals surface area contributed by atoms with Gasteiger partial charge < -0.3 is 10.3 Å². The zero-order valence-electron chi connectivity index (χ0n) is 12.8. The number of hydrogen-bond acceptors (Lipinski definition) is 2. The predicted molar refractivity (Wildman–Crippen MR) is 86.1 cm³/mol. The molecule has 0 bridgehead atoms. The summed E-state index contributed by atoms with van der Waals surface area (Å²) in [6.45, 7) is 1.47. The molecule has 0 saturated carbocycles. The third-order valence-electron chi connectivity index (χ3n) is 3.75. The van der Waals surface area contributed by atoms with Crippen molar-refractivity contribution >= 4 is 22.6 Å². The molecule has 0 saturated heterocycles. The normalized spacial score (nSPS) is 10.8. The van der Waals surface area contributed by atoms with Crippen molar-refractivity contribution < 1.29 is 18.4 Å². The van der Waals surface area contributed by atoms with Crippen LogP contribution in [0.5, 0.6) is 0 Å². The van der Waals surface area contributed by atoms with Crippen LogP contribution in [0, 0.1) is 18.6 Å².